The summed E-state index contributed by atoms with van der Waals surface area (Å²) in [5.74, 6) is 0. The smallest absolute Gasteiger partial charge is 0.119 e. The molecule has 0 bridgehead atoms. The van der Waals surface area contributed by atoms with E-state index in [9.17, 15) is 0 Å². The molecule has 2 N–H and O–H groups in total. The SMILES string of the molecule is C[C@@H]([NH2+]Cc1ccccn1)c1ccccc1. The number of nitrogens with zero attached hydrogens (tertiary/aromatic N) is 1. The molecule has 0 saturated heterocycles. The van der Waals surface area contributed by atoms with Crippen molar-refractivity contribution in [1.82, 2.24) is 4.98 Å². The third-order valence-corrected chi connectivity index (χ3v) is 2.73. The molecular weight excluding hydrogens is 196 g/mol. The summed E-state index contributed by atoms with van der Waals surface area (Å²) in [6.07, 6.45) is 1.84. The number of pyridine rings is 1. The van der Waals surface area contributed by atoms with E-state index in [1.807, 2.05) is 18.3 Å². The van der Waals surface area contributed by atoms with Crippen LogP contribution in [0.2, 0.25) is 0 Å². The molecule has 1 aromatic carbocycles. The molecule has 0 aliphatic heterocycles. The van der Waals surface area contributed by atoms with Gasteiger partial charge in [0, 0.05) is 11.8 Å². The molecule has 1 aromatic heterocycles. The van der Waals surface area contributed by atoms with E-state index in [0.717, 1.165) is 12.2 Å². The molecule has 82 valence electrons. The first-order chi connectivity index (χ1) is 7.86. The number of rotatable bonds is 4. The van der Waals surface area contributed by atoms with Gasteiger partial charge in [-0.1, -0.05) is 36.4 Å². The summed E-state index contributed by atoms with van der Waals surface area (Å²) in [4.78, 5) is 4.31. The average molecular weight is 213 g/mol. The Kier molecular flexibility index (Phi) is 3.67. The highest BCUT2D eigenvalue weighted by molar-refractivity contribution is 5.16. The molecule has 1 atom stereocenters. The molecule has 2 aromatic rings. The van der Waals surface area contributed by atoms with E-state index in [2.05, 4.69) is 53.6 Å². The summed E-state index contributed by atoms with van der Waals surface area (Å²) in [5.41, 5.74) is 2.49. The molecule has 0 amide bonds. The van der Waals surface area contributed by atoms with Crippen molar-refractivity contribution in [3.63, 3.8) is 0 Å². The summed E-state index contributed by atoms with van der Waals surface area (Å²) < 4.78 is 0. The van der Waals surface area contributed by atoms with Crippen LogP contribution in [0.5, 0.6) is 0 Å². The van der Waals surface area contributed by atoms with Gasteiger partial charge in [-0.3, -0.25) is 4.98 Å². The van der Waals surface area contributed by atoms with Crippen molar-refractivity contribution >= 4 is 0 Å². The van der Waals surface area contributed by atoms with Gasteiger partial charge in [-0.2, -0.15) is 0 Å². The van der Waals surface area contributed by atoms with Gasteiger partial charge in [0.15, 0.2) is 0 Å². The molecule has 0 aliphatic rings. The summed E-state index contributed by atoms with van der Waals surface area (Å²) in [7, 11) is 0. The summed E-state index contributed by atoms with van der Waals surface area (Å²) >= 11 is 0. The number of hydrogen-bond donors (Lipinski definition) is 1. The third kappa shape index (κ3) is 2.91. The van der Waals surface area contributed by atoms with Crippen molar-refractivity contribution in [2.45, 2.75) is 19.5 Å². The molecule has 2 heteroatoms. The summed E-state index contributed by atoms with van der Waals surface area (Å²) in [5, 5.41) is 2.30. The zero-order chi connectivity index (χ0) is 11.2. The lowest BCUT2D eigenvalue weighted by Gasteiger charge is -2.10. The molecular formula is C14H17N2+. The van der Waals surface area contributed by atoms with Gasteiger partial charge in [0.1, 0.15) is 12.6 Å². The fourth-order valence-electron chi connectivity index (χ4n) is 1.71. The van der Waals surface area contributed by atoms with Gasteiger partial charge in [0.2, 0.25) is 0 Å². The second-order valence-electron chi connectivity index (χ2n) is 3.96. The van der Waals surface area contributed by atoms with Gasteiger partial charge < -0.3 is 5.32 Å². The molecule has 0 spiro atoms. The minimum atomic E-state index is 0.475. The summed E-state index contributed by atoms with van der Waals surface area (Å²) in [6.45, 7) is 3.15. The molecule has 0 fully saturated rings. The normalized spacial score (nSPS) is 12.3. The maximum absolute atomic E-state index is 4.31. The monoisotopic (exact) mass is 213 g/mol. The molecule has 0 unspecified atom stereocenters. The minimum Gasteiger partial charge on any atom is -0.335 e. The number of hydrogen-bond acceptors (Lipinski definition) is 1. The molecule has 2 nitrogen and oxygen atoms in total. The van der Waals surface area contributed by atoms with Crippen molar-refractivity contribution < 1.29 is 5.32 Å². The predicted octanol–water partition coefficient (Wildman–Crippen LogP) is 1.91. The van der Waals surface area contributed by atoms with Gasteiger partial charge in [-0.25, -0.2) is 0 Å². The van der Waals surface area contributed by atoms with Crippen molar-refractivity contribution in [2.75, 3.05) is 0 Å². The Bertz CT molecular complexity index is 411. The van der Waals surface area contributed by atoms with E-state index in [1.54, 1.807) is 0 Å². The number of nitrogens with two attached hydrogens (primary N) is 1. The van der Waals surface area contributed by atoms with Crippen LogP contribution in [0, 0.1) is 0 Å². The molecule has 16 heavy (non-hydrogen) atoms. The molecule has 0 aliphatic carbocycles. The zero-order valence-corrected chi connectivity index (χ0v) is 9.51. The average Bonchev–Trinajstić information content (AvgIpc) is 2.38. The Morgan fingerprint density at radius 1 is 1.06 bits per heavy atom. The minimum absolute atomic E-state index is 0.475. The van der Waals surface area contributed by atoms with E-state index in [4.69, 9.17) is 0 Å². The highest BCUT2D eigenvalue weighted by atomic mass is 14.9. The molecule has 0 saturated carbocycles. The van der Waals surface area contributed by atoms with Gasteiger partial charge >= 0.3 is 0 Å². The third-order valence-electron chi connectivity index (χ3n) is 2.73. The van der Waals surface area contributed by atoms with Crippen molar-refractivity contribution in [3.8, 4) is 0 Å². The second kappa shape index (κ2) is 5.42. The van der Waals surface area contributed by atoms with Gasteiger partial charge in [-0.15, -0.1) is 0 Å². The van der Waals surface area contributed by atoms with E-state index < -0.39 is 0 Å². The Morgan fingerprint density at radius 3 is 2.50 bits per heavy atom. The number of benzene rings is 1. The lowest BCUT2D eigenvalue weighted by molar-refractivity contribution is -0.708. The highest BCUT2D eigenvalue weighted by Crippen LogP contribution is 2.06. The zero-order valence-electron chi connectivity index (χ0n) is 9.51. The van der Waals surface area contributed by atoms with Gasteiger partial charge in [0.25, 0.3) is 0 Å². The Balaban J connectivity index is 1.92. The Labute approximate surface area is 96.4 Å². The lowest BCUT2D eigenvalue weighted by atomic mass is 10.1. The van der Waals surface area contributed by atoms with E-state index >= 15 is 0 Å². The van der Waals surface area contributed by atoms with E-state index in [0.29, 0.717) is 6.04 Å². The number of aromatic nitrogens is 1. The van der Waals surface area contributed by atoms with Crippen LogP contribution in [0.15, 0.2) is 54.7 Å². The highest BCUT2D eigenvalue weighted by Gasteiger charge is 2.07. The van der Waals surface area contributed by atoms with Crippen LogP contribution in [0.3, 0.4) is 0 Å². The van der Waals surface area contributed by atoms with E-state index in [-0.39, 0.29) is 0 Å². The Hall–Kier alpha value is -1.67. The first-order valence-corrected chi connectivity index (χ1v) is 5.64. The van der Waals surface area contributed by atoms with E-state index in [1.165, 1.54) is 5.56 Å². The van der Waals surface area contributed by atoms with Crippen LogP contribution in [0.4, 0.5) is 0 Å². The largest absolute Gasteiger partial charge is 0.335 e. The van der Waals surface area contributed by atoms with Crippen LogP contribution >= 0.6 is 0 Å². The van der Waals surface area contributed by atoms with Crippen molar-refractivity contribution in [3.05, 3.63) is 66.0 Å². The van der Waals surface area contributed by atoms with Crippen LogP contribution in [0.25, 0.3) is 0 Å². The van der Waals surface area contributed by atoms with Gasteiger partial charge in [0.05, 0.1) is 5.69 Å². The fourth-order valence-corrected chi connectivity index (χ4v) is 1.71. The van der Waals surface area contributed by atoms with Gasteiger partial charge in [-0.05, 0) is 19.1 Å². The second-order valence-corrected chi connectivity index (χ2v) is 3.96. The fraction of sp³-hybridized carbons (Fsp3) is 0.214. The van der Waals surface area contributed by atoms with Crippen molar-refractivity contribution in [2.24, 2.45) is 0 Å². The first kappa shape index (κ1) is 10.8. The quantitative estimate of drug-likeness (QED) is 0.826. The number of quaternary nitrogens is 1. The van der Waals surface area contributed by atoms with Crippen LogP contribution in [0.1, 0.15) is 24.2 Å². The van der Waals surface area contributed by atoms with Crippen LogP contribution in [-0.4, -0.2) is 4.98 Å². The molecule has 1 heterocycles. The van der Waals surface area contributed by atoms with Crippen molar-refractivity contribution in [1.29, 1.82) is 0 Å². The summed E-state index contributed by atoms with van der Waals surface area (Å²) in [6, 6.07) is 17.1. The van der Waals surface area contributed by atoms with Crippen LogP contribution < -0.4 is 5.32 Å². The maximum atomic E-state index is 4.31. The molecule has 2 rings (SSSR count). The maximum Gasteiger partial charge on any atom is 0.119 e. The lowest BCUT2D eigenvalue weighted by Crippen LogP contribution is -2.83. The topological polar surface area (TPSA) is 29.5 Å². The first-order valence-electron chi connectivity index (χ1n) is 5.64. The molecule has 0 radical (unpaired) electrons. The Morgan fingerprint density at radius 2 is 1.81 bits per heavy atom. The van der Waals surface area contributed by atoms with Crippen LogP contribution in [-0.2, 0) is 6.54 Å². The standard InChI is InChI=1S/C14H16N2/c1-12(13-7-3-2-4-8-13)16-11-14-9-5-6-10-15-14/h2-10,12,16H,11H2,1H3/p+1/t12-/m1/s1. The predicted molar refractivity (Wildman–Crippen MR) is 64.7 cm³/mol.